The van der Waals surface area contributed by atoms with Crippen molar-refractivity contribution >= 4 is 0 Å². The lowest BCUT2D eigenvalue weighted by Crippen LogP contribution is -2.01. The van der Waals surface area contributed by atoms with E-state index in [0.717, 1.165) is 0 Å². The van der Waals surface area contributed by atoms with Gasteiger partial charge in [0.05, 0.1) is 24.4 Å². The van der Waals surface area contributed by atoms with Crippen LogP contribution in [0.25, 0.3) is 0 Å². The molecule has 4 unspecified atom stereocenters. The van der Waals surface area contributed by atoms with Gasteiger partial charge >= 0.3 is 0 Å². The van der Waals surface area contributed by atoms with Crippen molar-refractivity contribution in [2.24, 2.45) is 0 Å². The second kappa shape index (κ2) is 2.71. The molecule has 4 atom stereocenters. The van der Waals surface area contributed by atoms with Crippen molar-refractivity contribution in [1.29, 1.82) is 0 Å². The molecule has 68 valence electrons. The first-order valence-corrected chi connectivity index (χ1v) is 5.24. The predicted octanol–water partition coefficient (Wildman–Crippen LogP) is 1.88. The third kappa shape index (κ3) is 1.38. The molecule has 2 saturated heterocycles. The molecule has 3 fully saturated rings. The maximum Gasteiger partial charge on any atom is 0.0841 e. The van der Waals surface area contributed by atoms with E-state index >= 15 is 0 Å². The van der Waals surface area contributed by atoms with E-state index in [4.69, 9.17) is 9.47 Å². The summed E-state index contributed by atoms with van der Waals surface area (Å²) in [5.74, 6) is 0. The predicted molar refractivity (Wildman–Crippen MR) is 45.0 cm³/mol. The minimum Gasteiger partial charge on any atom is -0.370 e. The molecule has 0 aromatic carbocycles. The fourth-order valence-electron chi connectivity index (χ4n) is 2.41. The Morgan fingerprint density at radius 3 is 1.25 bits per heavy atom. The zero-order valence-corrected chi connectivity index (χ0v) is 7.37. The van der Waals surface area contributed by atoms with Gasteiger partial charge in [0.2, 0.25) is 0 Å². The first-order chi connectivity index (χ1) is 5.93. The van der Waals surface area contributed by atoms with Gasteiger partial charge in [0.1, 0.15) is 0 Å². The van der Waals surface area contributed by atoms with Crippen molar-refractivity contribution in [3.05, 3.63) is 0 Å². The second-order valence-corrected chi connectivity index (χ2v) is 4.29. The first-order valence-electron chi connectivity index (χ1n) is 5.24. The van der Waals surface area contributed by atoms with E-state index in [2.05, 4.69) is 0 Å². The molecule has 12 heavy (non-hydrogen) atoms. The number of fused-ring (bicyclic) bond motifs is 2. The minimum atomic E-state index is 0.625. The van der Waals surface area contributed by atoms with Crippen molar-refractivity contribution in [2.45, 2.75) is 62.9 Å². The lowest BCUT2D eigenvalue weighted by atomic mass is 10.0. The van der Waals surface area contributed by atoms with Crippen molar-refractivity contribution in [1.82, 2.24) is 0 Å². The Hall–Kier alpha value is -0.0800. The summed E-state index contributed by atoms with van der Waals surface area (Å²) < 4.78 is 11.1. The molecule has 0 aromatic rings. The zero-order valence-electron chi connectivity index (χ0n) is 7.37. The van der Waals surface area contributed by atoms with E-state index in [0.29, 0.717) is 24.4 Å². The number of ether oxygens (including phenoxy) is 2. The second-order valence-electron chi connectivity index (χ2n) is 4.29. The lowest BCUT2D eigenvalue weighted by molar-refractivity contribution is 0.322. The number of rotatable bonds is 0. The Labute approximate surface area is 73.2 Å². The summed E-state index contributed by atoms with van der Waals surface area (Å²) in [4.78, 5) is 0. The van der Waals surface area contributed by atoms with Crippen LogP contribution < -0.4 is 0 Å². The van der Waals surface area contributed by atoms with Crippen LogP contribution in [0.1, 0.15) is 38.5 Å². The number of epoxide rings is 2. The fourth-order valence-corrected chi connectivity index (χ4v) is 2.41. The molecule has 2 heterocycles. The smallest absolute Gasteiger partial charge is 0.0841 e. The Morgan fingerprint density at radius 1 is 0.583 bits per heavy atom. The average molecular weight is 168 g/mol. The molecule has 0 N–H and O–H groups in total. The molecule has 3 rings (SSSR count). The summed E-state index contributed by atoms with van der Waals surface area (Å²) in [6.07, 6.45) is 10.2. The van der Waals surface area contributed by atoms with Gasteiger partial charge in [0, 0.05) is 0 Å². The summed E-state index contributed by atoms with van der Waals surface area (Å²) in [6, 6.07) is 0. The van der Waals surface area contributed by atoms with Gasteiger partial charge in [-0.3, -0.25) is 0 Å². The van der Waals surface area contributed by atoms with E-state index in [-0.39, 0.29) is 0 Å². The number of hydrogen-bond donors (Lipinski definition) is 0. The van der Waals surface area contributed by atoms with E-state index in [9.17, 15) is 0 Å². The summed E-state index contributed by atoms with van der Waals surface area (Å²) >= 11 is 0. The van der Waals surface area contributed by atoms with Gasteiger partial charge in [-0.15, -0.1) is 0 Å². The molecule has 0 bridgehead atoms. The lowest BCUT2D eigenvalue weighted by Gasteiger charge is -1.99. The van der Waals surface area contributed by atoms with E-state index in [1.54, 1.807) is 0 Å². The topological polar surface area (TPSA) is 25.1 Å². The Kier molecular flexibility index (Phi) is 1.66. The van der Waals surface area contributed by atoms with E-state index in [1.807, 2.05) is 0 Å². The summed E-state index contributed by atoms with van der Waals surface area (Å²) in [5.41, 5.74) is 0. The highest BCUT2D eigenvalue weighted by Gasteiger charge is 2.42. The molecule has 0 spiro atoms. The molecule has 2 nitrogen and oxygen atoms in total. The van der Waals surface area contributed by atoms with Crippen LogP contribution >= 0.6 is 0 Å². The van der Waals surface area contributed by atoms with E-state index in [1.165, 1.54) is 38.5 Å². The zero-order chi connectivity index (χ0) is 7.97. The van der Waals surface area contributed by atoms with Crippen molar-refractivity contribution in [3.8, 4) is 0 Å². The van der Waals surface area contributed by atoms with Crippen molar-refractivity contribution < 1.29 is 9.47 Å². The minimum absolute atomic E-state index is 0.625. The van der Waals surface area contributed by atoms with Crippen LogP contribution in [-0.2, 0) is 9.47 Å². The molecular weight excluding hydrogens is 152 g/mol. The molecule has 2 heteroatoms. The van der Waals surface area contributed by atoms with Crippen LogP contribution in [0.5, 0.6) is 0 Å². The average Bonchev–Trinajstić information content (AvgIpc) is 2.90. The largest absolute Gasteiger partial charge is 0.370 e. The molecule has 0 aromatic heterocycles. The van der Waals surface area contributed by atoms with Crippen molar-refractivity contribution in [2.75, 3.05) is 0 Å². The highest BCUT2D eigenvalue weighted by atomic mass is 16.6. The van der Waals surface area contributed by atoms with Gasteiger partial charge in [-0.05, 0) is 38.5 Å². The van der Waals surface area contributed by atoms with Crippen LogP contribution in [0.3, 0.4) is 0 Å². The Morgan fingerprint density at radius 2 is 0.917 bits per heavy atom. The molecule has 1 saturated carbocycles. The van der Waals surface area contributed by atoms with Gasteiger partial charge in [-0.25, -0.2) is 0 Å². The van der Waals surface area contributed by atoms with Gasteiger partial charge in [0.25, 0.3) is 0 Å². The van der Waals surface area contributed by atoms with Gasteiger partial charge in [-0.2, -0.15) is 0 Å². The molecule has 3 aliphatic rings. The monoisotopic (exact) mass is 168 g/mol. The van der Waals surface area contributed by atoms with Crippen LogP contribution in [0.15, 0.2) is 0 Å². The number of hydrogen-bond acceptors (Lipinski definition) is 2. The normalized spacial score (nSPS) is 52.0. The highest BCUT2D eigenvalue weighted by Crippen LogP contribution is 2.38. The van der Waals surface area contributed by atoms with Crippen LogP contribution in [0.4, 0.5) is 0 Å². The summed E-state index contributed by atoms with van der Waals surface area (Å²) in [5, 5.41) is 0. The standard InChI is InChI=1S/C10H16O2/c1-3-7-9(11-7)5-2-6-10-8(4-1)12-10/h7-10H,1-6H2. The SMILES string of the molecule is C1CC2OC2CCCC2OC2C1. The Bertz CT molecular complexity index is 145. The Balaban J connectivity index is 1.55. The highest BCUT2D eigenvalue weighted by molar-refractivity contribution is 4.90. The third-order valence-corrected chi connectivity index (χ3v) is 3.33. The summed E-state index contributed by atoms with van der Waals surface area (Å²) in [7, 11) is 0. The quantitative estimate of drug-likeness (QED) is 0.516. The van der Waals surface area contributed by atoms with Crippen LogP contribution in [0.2, 0.25) is 0 Å². The van der Waals surface area contributed by atoms with E-state index < -0.39 is 0 Å². The molecule has 0 amide bonds. The van der Waals surface area contributed by atoms with Crippen LogP contribution in [0, 0.1) is 0 Å². The molecule has 2 aliphatic heterocycles. The first kappa shape index (κ1) is 7.34. The van der Waals surface area contributed by atoms with Crippen LogP contribution in [-0.4, -0.2) is 24.4 Å². The van der Waals surface area contributed by atoms with Gasteiger partial charge < -0.3 is 9.47 Å². The van der Waals surface area contributed by atoms with Gasteiger partial charge in [-0.1, -0.05) is 0 Å². The maximum absolute atomic E-state index is 5.56. The van der Waals surface area contributed by atoms with Crippen molar-refractivity contribution in [3.63, 3.8) is 0 Å². The molecule has 1 aliphatic carbocycles. The third-order valence-electron chi connectivity index (χ3n) is 3.33. The molecular formula is C10H16O2. The van der Waals surface area contributed by atoms with Gasteiger partial charge in [0.15, 0.2) is 0 Å². The molecule has 0 radical (unpaired) electrons. The maximum atomic E-state index is 5.56. The summed E-state index contributed by atoms with van der Waals surface area (Å²) in [6.45, 7) is 0. The fraction of sp³-hybridized carbons (Fsp3) is 1.00.